The van der Waals surface area contributed by atoms with Crippen LogP contribution in [0.1, 0.15) is 42.6 Å². The molecule has 0 unspecified atom stereocenters. The van der Waals surface area contributed by atoms with Crippen LogP contribution in [-0.4, -0.2) is 75.0 Å². The van der Waals surface area contributed by atoms with Crippen LogP contribution in [0.3, 0.4) is 0 Å². The third-order valence-electron chi connectivity index (χ3n) is 7.93. The lowest BCUT2D eigenvalue weighted by Crippen LogP contribution is -2.47. The van der Waals surface area contributed by atoms with Crippen molar-refractivity contribution in [3.63, 3.8) is 0 Å². The highest BCUT2D eigenvalue weighted by atomic mass is 16.5. The van der Waals surface area contributed by atoms with E-state index in [-0.39, 0.29) is 17.9 Å². The molecule has 0 N–H and O–H groups in total. The molecule has 9 nitrogen and oxygen atoms in total. The fourth-order valence-corrected chi connectivity index (χ4v) is 5.59. The Kier molecular flexibility index (Phi) is 7.31. The summed E-state index contributed by atoms with van der Waals surface area (Å²) < 4.78 is 21.8. The van der Waals surface area contributed by atoms with Crippen molar-refractivity contribution >= 4 is 28.3 Å². The summed E-state index contributed by atoms with van der Waals surface area (Å²) in [6.07, 6.45) is 1.27. The topological polar surface area (TPSA) is 89.9 Å². The van der Waals surface area contributed by atoms with Crippen LogP contribution >= 0.6 is 0 Å². The summed E-state index contributed by atoms with van der Waals surface area (Å²) in [4.78, 5) is 29.1. The smallest absolute Gasteiger partial charge is 0.254 e. The lowest BCUT2D eigenvalue weighted by molar-refractivity contribution is -0.137. The number of carbonyl (C=O) groups excluding carboxylic acids is 2. The van der Waals surface area contributed by atoms with Crippen LogP contribution in [0.4, 0.5) is 0 Å². The van der Waals surface area contributed by atoms with Crippen molar-refractivity contribution in [1.29, 1.82) is 0 Å². The molecule has 0 spiro atoms. The number of ether oxygens (including phenoxy) is 4. The molecular formula is C31H35N3O6. The average Bonchev–Trinajstić information content (AvgIpc) is 3.23. The summed E-state index contributed by atoms with van der Waals surface area (Å²) in [7, 11) is 6.39. The number of fused-ring (bicyclic) bond motifs is 1. The molecule has 9 heteroatoms. The molecule has 2 heterocycles. The van der Waals surface area contributed by atoms with Gasteiger partial charge in [-0.15, -0.1) is 0 Å². The summed E-state index contributed by atoms with van der Waals surface area (Å²) in [6.45, 7) is 4.83. The molecular weight excluding hydrogens is 510 g/mol. The van der Waals surface area contributed by atoms with Crippen LogP contribution in [0, 0.1) is 5.41 Å². The standard InChI is InChI=1S/C31H35N3O6/c1-31(2)28(19-7-11-26(39-5)27(17-19)40-6)32-34(30(31)36)20-13-15-33(16-14-20)29(35)23-10-12-25(38-4)22-9-8-21(37-3)18-24(22)23/h7-12,17-18,20H,13-16H2,1-6H3. The molecule has 0 radical (unpaired) electrons. The second-order valence-corrected chi connectivity index (χ2v) is 10.5. The third-order valence-corrected chi connectivity index (χ3v) is 7.93. The van der Waals surface area contributed by atoms with Crippen LogP contribution in [0.5, 0.6) is 23.0 Å². The van der Waals surface area contributed by atoms with Gasteiger partial charge < -0.3 is 23.8 Å². The molecule has 0 aliphatic carbocycles. The average molecular weight is 546 g/mol. The Balaban J connectivity index is 1.36. The number of hydrogen-bond acceptors (Lipinski definition) is 7. The van der Waals surface area contributed by atoms with Gasteiger partial charge in [0.2, 0.25) is 0 Å². The molecule has 2 aliphatic rings. The van der Waals surface area contributed by atoms with E-state index in [4.69, 9.17) is 24.0 Å². The van der Waals surface area contributed by atoms with Gasteiger partial charge in [-0.05, 0) is 75.2 Å². The number of benzene rings is 3. The van der Waals surface area contributed by atoms with Gasteiger partial charge in [-0.25, -0.2) is 5.01 Å². The number of carbonyl (C=O) groups is 2. The van der Waals surface area contributed by atoms with Crippen molar-refractivity contribution in [2.24, 2.45) is 10.5 Å². The van der Waals surface area contributed by atoms with E-state index in [1.807, 2.05) is 61.2 Å². The number of likely N-dealkylation sites (tertiary alicyclic amines) is 1. The quantitative estimate of drug-likeness (QED) is 0.426. The molecule has 0 saturated carbocycles. The van der Waals surface area contributed by atoms with Gasteiger partial charge in [-0.3, -0.25) is 9.59 Å². The van der Waals surface area contributed by atoms with Gasteiger partial charge in [-0.2, -0.15) is 5.10 Å². The van der Waals surface area contributed by atoms with Gasteiger partial charge in [0.1, 0.15) is 11.5 Å². The second-order valence-electron chi connectivity index (χ2n) is 10.5. The second kappa shape index (κ2) is 10.7. The van der Waals surface area contributed by atoms with Crippen molar-refractivity contribution in [3.05, 3.63) is 59.7 Å². The van der Waals surface area contributed by atoms with Crippen LogP contribution in [0.2, 0.25) is 0 Å². The molecule has 40 heavy (non-hydrogen) atoms. The Morgan fingerprint density at radius 2 is 1.50 bits per heavy atom. The summed E-state index contributed by atoms with van der Waals surface area (Å²) in [5.74, 6) is 2.47. The fourth-order valence-electron chi connectivity index (χ4n) is 5.59. The van der Waals surface area contributed by atoms with Crippen LogP contribution in [0.15, 0.2) is 53.6 Å². The lowest BCUT2D eigenvalue weighted by Gasteiger charge is -2.35. The monoisotopic (exact) mass is 545 g/mol. The number of methoxy groups -OCH3 is 4. The molecule has 2 amide bonds. The molecule has 0 aromatic heterocycles. The molecule has 5 rings (SSSR count). The van der Waals surface area contributed by atoms with E-state index in [1.54, 1.807) is 39.5 Å². The van der Waals surface area contributed by atoms with Gasteiger partial charge >= 0.3 is 0 Å². The number of hydrazone groups is 1. The Labute approximate surface area is 234 Å². The Morgan fingerprint density at radius 3 is 2.15 bits per heavy atom. The highest BCUT2D eigenvalue weighted by molar-refractivity contribution is 6.19. The molecule has 1 saturated heterocycles. The van der Waals surface area contributed by atoms with E-state index >= 15 is 0 Å². The Bertz CT molecular complexity index is 1490. The molecule has 0 bridgehead atoms. The van der Waals surface area contributed by atoms with Crippen molar-refractivity contribution in [3.8, 4) is 23.0 Å². The first-order valence-electron chi connectivity index (χ1n) is 13.3. The minimum atomic E-state index is -0.798. The van der Waals surface area contributed by atoms with Gasteiger partial charge in [0, 0.05) is 35.0 Å². The summed E-state index contributed by atoms with van der Waals surface area (Å²) in [6, 6.07) is 14.7. The molecule has 0 atom stereocenters. The molecule has 2 aliphatic heterocycles. The normalized spacial score (nSPS) is 17.1. The maximum absolute atomic E-state index is 13.7. The van der Waals surface area contributed by atoms with Gasteiger partial charge in [-0.1, -0.05) is 0 Å². The SMILES string of the molecule is COc1ccc2c(OC)ccc(C(=O)N3CCC(N4N=C(c5ccc(OC)c(OC)c5)C(C)(C)C4=O)CC3)c2c1. The lowest BCUT2D eigenvalue weighted by atomic mass is 9.83. The van der Waals surface area contributed by atoms with Crippen LogP contribution in [-0.2, 0) is 4.79 Å². The predicted octanol–water partition coefficient (Wildman–Crippen LogP) is 4.75. The van der Waals surface area contributed by atoms with Crippen LogP contribution in [0.25, 0.3) is 10.8 Å². The zero-order chi connectivity index (χ0) is 28.6. The number of piperidine rings is 1. The minimum absolute atomic E-state index is 0.0460. The first kappa shape index (κ1) is 27.3. The van der Waals surface area contributed by atoms with Gasteiger partial charge in [0.05, 0.1) is 45.6 Å². The number of amides is 2. The molecule has 1 fully saturated rings. The summed E-state index contributed by atoms with van der Waals surface area (Å²) in [5.41, 5.74) is 1.30. The maximum atomic E-state index is 13.7. The fraction of sp³-hybridized carbons (Fsp3) is 0.387. The Morgan fingerprint density at radius 1 is 0.825 bits per heavy atom. The van der Waals surface area contributed by atoms with E-state index in [2.05, 4.69) is 0 Å². The third kappa shape index (κ3) is 4.59. The largest absolute Gasteiger partial charge is 0.497 e. The highest BCUT2D eigenvalue weighted by Gasteiger charge is 2.47. The number of rotatable bonds is 7. The van der Waals surface area contributed by atoms with E-state index in [0.717, 1.165) is 16.3 Å². The summed E-state index contributed by atoms with van der Waals surface area (Å²) >= 11 is 0. The zero-order valence-corrected chi connectivity index (χ0v) is 23.8. The first-order valence-corrected chi connectivity index (χ1v) is 13.3. The molecule has 3 aromatic rings. The van der Waals surface area contributed by atoms with Crippen molar-refractivity contribution in [1.82, 2.24) is 9.91 Å². The Hall–Kier alpha value is -4.27. The molecule has 210 valence electrons. The number of hydrogen-bond donors (Lipinski definition) is 0. The van der Waals surface area contributed by atoms with E-state index < -0.39 is 5.41 Å². The minimum Gasteiger partial charge on any atom is -0.497 e. The maximum Gasteiger partial charge on any atom is 0.254 e. The van der Waals surface area contributed by atoms with Crippen molar-refractivity contribution in [2.75, 3.05) is 41.5 Å². The molecule has 3 aromatic carbocycles. The number of nitrogens with zero attached hydrogens (tertiary/aromatic N) is 3. The van der Waals surface area contributed by atoms with E-state index in [9.17, 15) is 9.59 Å². The van der Waals surface area contributed by atoms with E-state index in [1.165, 1.54) is 0 Å². The van der Waals surface area contributed by atoms with Gasteiger partial charge in [0.15, 0.2) is 11.5 Å². The highest BCUT2D eigenvalue weighted by Crippen LogP contribution is 2.38. The zero-order valence-electron chi connectivity index (χ0n) is 23.8. The van der Waals surface area contributed by atoms with Crippen molar-refractivity contribution in [2.45, 2.75) is 32.7 Å². The van der Waals surface area contributed by atoms with E-state index in [0.29, 0.717) is 60.2 Å². The summed E-state index contributed by atoms with van der Waals surface area (Å²) in [5, 5.41) is 8.09. The first-order chi connectivity index (χ1) is 19.2. The van der Waals surface area contributed by atoms with Crippen LogP contribution < -0.4 is 18.9 Å². The van der Waals surface area contributed by atoms with Gasteiger partial charge in [0.25, 0.3) is 11.8 Å². The van der Waals surface area contributed by atoms with Crippen molar-refractivity contribution < 1.29 is 28.5 Å². The predicted molar refractivity (Wildman–Crippen MR) is 153 cm³/mol.